The Morgan fingerprint density at radius 1 is 1.35 bits per heavy atom. The van der Waals surface area contributed by atoms with Crippen molar-refractivity contribution in [2.24, 2.45) is 0 Å². The van der Waals surface area contributed by atoms with Crippen molar-refractivity contribution in [3.8, 4) is 5.88 Å². The zero-order chi connectivity index (χ0) is 12.7. The maximum absolute atomic E-state index is 5.53. The molecule has 0 aromatic carbocycles. The molecule has 0 fully saturated rings. The Morgan fingerprint density at radius 2 is 2.12 bits per heavy atom. The summed E-state index contributed by atoms with van der Waals surface area (Å²) in [5.74, 6) is 1.07. The summed E-state index contributed by atoms with van der Waals surface area (Å²) in [5, 5.41) is 3.28. The lowest BCUT2D eigenvalue weighted by molar-refractivity contribution is 0.303. The molecular weight excluding hydrogens is 214 g/mol. The van der Waals surface area contributed by atoms with E-state index < -0.39 is 0 Å². The smallest absolute Gasteiger partial charge is 0.216 e. The quantitative estimate of drug-likeness (QED) is 0.791. The van der Waals surface area contributed by atoms with E-state index in [2.05, 4.69) is 36.1 Å². The third-order valence-corrected chi connectivity index (χ3v) is 3.00. The molecule has 1 aromatic heterocycles. The Bertz CT molecular complexity index is 330. The number of hydrogen-bond donors (Lipinski definition) is 1. The topological polar surface area (TPSA) is 47.0 Å². The number of ether oxygens (including phenoxy) is 1. The molecule has 1 rings (SSSR count). The highest BCUT2D eigenvalue weighted by molar-refractivity contribution is 5.18. The zero-order valence-electron chi connectivity index (χ0n) is 11.2. The minimum Gasteiger partial charge on any atom is -0.478 e. The van der Waals surface area contributed by atoms with Crippen molar-refractivity contribution in [1.29, 1.82) is 0 Å². The van der Waals surface area contributed by atoms with E-state index in [0.29, 0.717) is 24.4 Å². The minimum atomic E-state index is 0.395. The second-order valence-corrected chi connectivity index (χ2v) is 4.22. The van der Waals surface area contributed by atoms with Gasteiger partial charge in [-0.25, -0.2) is 9.97 Å². The van der Waals surface area contributed by atoms with Gasteiger partial charge in [-0.1, -0.05) is 13.8 Å². The van der Waals surface area contributed by atoms with Crippen LogP contribution >= 0.6 is 0 Å². The molecule has 0 saturated heterocycles. The molecular formula is C13H23N3O. The van der Waals surface area contributed by atoms with Gasteiger partial charge in [0.05, 0.1) is 12.3 Å². The zero-order valence-corrected chi connectivity index (χ0v) is 11.2. The number of hydrogen-bond acceptors (Lipinski definition) is 4. The summed E-state index contributed by atoms with van der Waals surface area (Å²) < 4.78 is 5.53. The van der Waals surface area contributed by atoms with Gasteiger partial charge in [-0.3, -0.25) is 0 Å². The van der Waals surface area contributed by atoms with Gasteiger partial charge < -0.3 is 10.1 Å². The summed E-state index contributed by atoms with van der Waals surface area (Å²) >= 11 is 0. The fraction of sp³-hybridized carbons (Fsp3) is 0.692. The van der Waals surface area contributed by atoms with Crippen LogP contribution in [0.25, 0.3) is 0 Å². The van der Waals surface area contributed by atoms with Gasteiger partial charge in [-0.15, -0.1) is 0 Å². The predicted molar refractivity (Wildman–Crippen MR) is 69.4 cm³/mol. The molecule has 0 saturated carbocycles. The molecule has 1 N–H and O–H groups in total. The highest BCUT2D eigenvalue weighted by Crippen LogP contribution is 2.23. The predicted octanol–water partition coefficient (Wildman–Crippen LogP) is 2.37. The number of rotatable bonds is 7. The SMILES string of the molecule is CCCOc1cc(C(CC)C(C)NC)ncn1. The first-order valence-electron chi connectivity index (χ1n) is 6.34. The number of nitrogens with one attached hydrogen (secondary N) is 1. The third kappa shape index (κ3) is 3.97. The first kappa shape index (κ1) is 13.9. The number of aromatic nitrogens is 2. The molecule has 2 unspecified atom stereocenters. The van der Waals surface area contributed by atoms with Crippen LogP contribution in [0.4, 0.5) is 0 Å². The Balaban J connectivity index is 2.81. The summed E-state index contributed by atoms with van der Waals surface area (Å²) in [7, 11) is 1.98. The van der Waals surface area contributed by atoms with Crippen LogP contribution in [0.1, 0.15) is 45.2 Å². The van der Waals surface area contributed by atoms with Crippen molar-refractivity contribution in [2.45, 2.75) is 45.6 Å². The Labute approximate surface area is 104 Å². The van der Waals surface area contributed by atoms with Crippen LogP contribution in [0.5, 0.6) is 5.88 Å². The first-order valence-corrected chi connectivity index (χ1v) is 6.34. The molecule has 0 bridgehead atoms. The van der Waals surface area contributed by atoms with E-state index in [-0.39, 0.29) is 0 Å². The van der Waals surface area contributed by atoms with Gasteiger partial charge in [0.25, 0.3) is 0 Å². The lowest BCUT2D eigenvalue weighted by Crippen LogP contribution is -2.29. The summed E-state index contributed by atoms with van der Waals surface area (Å²) in [6.07, 6.45) is 3.63. The van der Waals surface area contributed by atoms with E-state index in [1.54, 1.807) is 6.33 Å². The van der Waals surface area contributed by atoms with Gasteiger partial charge in [-0.05, 0) is 26.8 Å². The molecule has 0 aliphatic heterocycles. The minimum absolute atomic E-state index is 0.395. The largest absolute Gasteiger partial charge is 0.478 e. The fourth-order valence-corrected chi connectivity index (χ4v) is 1.86. The van der Waals surface area contributed by atoms with E-state index in [4.69, 9.17) is 4.74 Å². The van der Waals surface area contributed by atoms with Gasteiger partial charge >= 0.3 is 0 Å². The van der Waals surface area contributed by atoms with Crippen molar-refractivity contribution in [3.05, 3.63) is 18.1 Å². The van der Waals surface area contributed by atoms with Gasteiger partial charge in [0, 0.05) is 18.0 Å². The molecule has 17 heavy (non-hydrogen) atoms. The van der Waals surface area contributed by atoms with Crippen LogP contribution in [-0.4, -0.2) is 29.7 Å². The summed E-state index contributed by atoms with van der Waals surface area (Å²) in [6, 6.07) is 2.35. The monoisotopic (exact) mass is 237 g/mol. The Hall–Kier alpha value is -1.16. The highest BCUT2D eigenvalue weighted by atomic mass is 16.5. The highest BCUT2D eigenvalue weighted by Gasteiger charge is 2.18. The summed E-state index contributed by atoms with van der Waals surface area (Å²) in [6.45, 7) is 7.13. The van der Waals surface area contributed by atoms with Crippen molar-refractivity contribution < 1.29 is 4.74 Å². The van der Waals surface area contributed by atoms with Gasteiger partial charge in [0.1, 0.15) is 6.33 Å². The maximum atomic E-state index is 5.53. The van der Waals surface area contributed by atoms with Crippen LogP contribution in [0.2, 0.25) is 0 Å². The molecule has 2 atom stereocenters. The van der Waals surface area contributed by atoms with E-state index in [0.717, 1.165) is 18.5 Å². The first-order chi connectivity index (χ1) is 8.22. The molecule has 0 spiro atoms. The average molecular weight is 237 g/mol. The molecule has 4 nitrogen and oxygen atoms in total. The lowest BCUT2D eigenvalue weighted by atomic mass is 9.94. The van der Waals surface area contributed by atoms with Gasteiger partial charge in [0.15, 0.2) is 0 Å². The number of likely N-dealkylation sites (N-methyl/N-ethyl adjacent to an activating group) is 1. The van der Waals surface area contributed by atoms with E-state index in [1.807, 2.05) is 13.1 Å². The average Bonchev–Trinajstić information content (AvgIpc) is 2.37. The maximum Gasteiger partial charge on any atom is 0.216 e. The standard InChI is InChI=1S/C13H23N3O/c1-5-7-17-13-8-12(15-9-16-13)11(6-2)10(3)14-4/h8-11,14H,5-7H2,1-4H3. The van der Waals surface area contributed by atoms with Crippen LogP contribution in [0.3, 0.4) is 0 Å². The van der Waals surface area contributed by atoms with Crippen LogP contribution in [0, 0.1) is 0 Å². The fourth-order valence-electron chi connectivity index (χ4n) is 1.86. The van der Waals surface area contributed by atoms with Crippen molar-refractivity contribution >= 4 is 0 Å². The number of nitrogens with zero attached hydrogens (tertiary/aromatic N) is 2. The molecule has 0 aliphatic carbocycles. The van der Waals surface area contributed by atoms with E-state index in [1.165, 1.54) is 0 Å². The van der Waals surface area contributed by atoms with Gasteiger partial charge in [0.2, 0.25) is 5.88 Å². The Morgan fingerprint density at radius 3 is 2.71 bits per heavy atom. The molecule has 0 aliphatic rings. The van der Waals surface area contributed by atoms with Crippen molar-refractivity contribution in [2.75, 3.05) is 13.7 Å². The van der Waals surface area contributed by atoms with Crippen LogP contribution in [-0.2, 0) is 0 Å². The van der Waals surface area contributed by atoms with Crippen LogP contribution in [0.15, 0.2) is 12.4 Å². The second-order valence-electron chi connectivity index (χ2n) is 4.22. The van der Waals surface area contributed by atoms with E-state index in [9.17, 15) is 0 Å². The Kier molecular flexibility index (Phi) is 5.91. The third-order valence-electron chi connectivity index (χ3n) is 3.00. The normalized spacial score (nSPS) is 14.4. The van der Waals surface area contributed by atoms with Gasteiger partial charge in [-0.2, -0.15) is 0 Å². The summed E-state index contributed by atoms with van der Waals surface area (Å²) in [5.41, 5.74) is 1.05. The molecule has 1 aromatic rings. The summed E-state index contributed by atoms with van der Waals surface area (Å²) in [4.78, 5) is 8.48. The molecule has 96 valence electrons. The lowest BCUT2D eigenvalue weighted by Gasteiger charge is -2.21. The van der Waals surface area contributed by atoms with Crippen LogP contribution < -0.4 is 10.1 Å². The molecule has 0 amide bonds. The molecule has 0 radical (unpaired) electrons. The second kappa shape index (κ2) is 7.22. The molecule has 4 heteroatoms. The molecule has 1 heterocycles. The van der Waals surface area contributed by atoms with Crippen molar-refractivity contribution in [1.82, 2.24) is 15.3 Å². The van der Waals surface area contributed by atoms with E-state index >= 15 is 0 Å². The van der Waals surface area contributed by atoms with Crippen molar-refractivity contribution in [3.63, 3.8) is 0 Å².